The van der Waals surface area contributed by atoms with Crippen molar-refractivity contribution in [3.8, 4) is 6.07 Å². The van der Waals surface area contributed by atoms with Gasteiger partial charge in [0.1, 0.15) is 21.7 Å². The fourth-order valence-electron chi connectivity index (χ4n) is 3.41. The molecule has 1 atom stereocenters. The van der Waals surface area contributed by atoms with Gasteiger partial charge in [0.25, 0.3) is 0 Å². The average molecular weight is 423 g/mol. The van der Waals surface area contributed by atoms with Crippen molar-refractivity contribution in [3.05, 3.63) is 27.5 Å². The largest absolute Gasteiger partial charge is 0.360 e. The first-order chi connectivity index (χ1) is 13.2. The number of rotatable bonds is 4. The number of thiophene rings is 1. The number of anilines is 1. The summed E-state index contributed by atoms with van der Waals surface area (Å²) in [4.78, 5) is 13.8. The topological polar surface area (TPSA) is 116 Å². The lowest BCUT2D eigenvalue weighted by atomic mass is 9.99. The van der Waals surface area contributed by atoms with Crippen LogP contribution >= 0.6 is 11.3 Å². The summed E-state index contributed by atoms with van der Waals surface area (Å²) in [5, 5.41) is 16.4. The van der Waals surface area contributed by atoms with Gasteiger partial charge in [0.15, 0.2) is 5.76 Å². The molecule has 2 aromatic heterocycles. The van der Waals surface area contributed by atoms with Crippen molar-refractivity contribution in [1.82, 2.24) is 9.46 Å². The molecule has 0 spiro atoms. The molecule has 1 aliphatic rings. The van der Waals surface area contributed by atoms with Gasteiger partial charge >= 0.3 is 0 Å². The Kier molecular flexibility index (Phi) is 5.61. The first-order valence-electron chi connectivity index (χ1n) is 8.90. The van der Waals surface area contributed by atoms with Crippen molar-refractivity contribution in [2.75, 3.05) is 18.4 Å². The van der Waals surface area contributed by atoms with Gasteiger partial charge in [-0.25, -0.2) is 8.42 Å². The second-order valence-corrected chi connectivity index (χ2v) is 10.0. The predicted molar refractivity (Wildman–Crippen MR) is 105 cm³/mol. The van der Waals surface area contributed by atoms with Crippen LogP contribution in [0.4, 0.5) is 5.00 Å². The van der Waals surface area contributed by atoms with Gasteiger partial charge in [0.2, 0.25) is 15.9 Å². The van der Waals surface area contributed by atoms with E-state index in [-0.39, 0.29) is 23.1 Å². The molecule has 0 bridgehead atoms. The van der Waals surface area contributed by atoms with Gasteiger partial charge in [-0.3, -0.25) is 4.79 Å². The summed E-state index contributed by atoms with van der Waals surface area (Å²) in [5.41, 5.74) is 1.63. The number of aryl methyl sites for hydroxylation is 3. The van der Waals surface area contributed by atoms with E-state index in [9.17, 15) is 18.5 Å². The van der Waals surface area contributed by atoms with Gasteiger partial charge in [-0.15, -0.1) is 11.3 Å². The van der Waals surface area contributed by atoms with E-state index in [1.165, 1.54) is 15.6 Å². The molecule has 10 heteroatoms. The number of hydrogen-bond acceptors (Lipinski definition) is 7. The van der Waals surface area contributed by atoms with Crippen molar-refractivity contribution in [2.45, 2.75) is 45.4 Å². The third kappa shape index (κ3) is 3.57. The number of aromatic nitrogens is 1. The molecule has 1 amide bonds. The van der Waals surface area contributed by atoms with E-state index in [4.69, 9.17) is 4.52 Å². The predicted octanol–water partition coefficient (Wildman–Crippen LogP) is 2.88. The highest BCUT2D eigenvalue weighted by atomic mass is 32.2. The molecule has 0 aliphatic carbocycles. The molecule has 0 radical (unpaired) electrons. The highest BCUT2D eigenvalue weighted by molar-refractivity contribution is 7.89. The average Bonchev–Trinajstić information content (AvgIpc) is 3.13. The summed E-state index contributed by atoms with van der Waals surface area (Å²) in [6.45, 7) is 7.32. The molecule has 8 nitrogen and oxygen atoms in total. The Morgan fingerprint density at radius 2 is 2.07 bits per heavy atom. The Balaban J connectivity index is 1.79. The highest BCUT2D eigenvalue weighted by Gasteiger charge is 2.36. The molecule has 0 aromatic carbocycles. The van der Waals surface area contributed by atoms with Gasteiger partial charge in [-0.1, -0.05) is 5.16 Å². The molecule has 2 aromatic rings. The molecule has 1 unspecified atom stereocenters. The van der Waals surface area contributed by atoms with Gasteiger partial charge in [-0.05, 0) is 46.1 Å². The third-order valence-electron chi connectivity index (χ3n) is 5.05. The van der Waals surface area contributed by atoms with E-state index < -0.39 is 15.9 Å². The van der Waals surface area contributed by atoms with Crippen LogP contribution < -0.4 is 5.32 Å². The minimum atomic E-state index is -3.79. The van der Waals surface area contributed by atoms with Crippen molar-refractivity contribution in [1.29, 1.82) is 5.26 Å². The Morgan fingerprint density at radius 3 is 2.68 bits per heavy atom. The van der Waals surface area contributed by atoms with Crippen LogP contribution in [0.25, 0.3) is 0 Å². The van der Waals surface area contributed by atoms with Crippen LogP contribution in [0.15, 0.2) is 9.42 Å². The molecule has 1 N–H and O–H groups in total. The van der Waals surface area contributed by atoms with Crippen LogP contribution in [0.3, 0.4) is 0 Å². The number of nitrogens with zero attached hydrogens (tertiary/aromatic N) is 3. The quantitative estimate of drug-likeness (QED) is 0.810. The van der Waals surface area contributed by atoms with Crippen molar-refractivity contribution in [3.63, 3.8) is 0 Å². The molecular formula is C18H22N4O4S2. The second kappa shape index (κ2) is 7.66. The van der Waals surface area contributed by atoms with Crippen LogP contribution in [0.1, 0.15) is 40.3 Å². The first kappa shape index (κ1) is 20.5. The smallest absolute Gasteiger partial charge is 0.248 e. The van der Waals surface area contributed by atoms with E-state index in [1.54, 1.807) is 13.8 Å². The number of hydrogen-bond donors (Lipinski definition) is 1. The second-order valence-electron chi connectivity index (χ2n) is 6.94. The van der Waals surface area contributed by atoms with Gasteiger partial charge in [0.05, 0.1) is 11.5 Å². The summed E-state index contributed by atoms with van der Waals surface area (Å²) in [5.74, 6) is -0.512. The van der Waals surface area contributed by atoms with Crippen LogP contribution in [0, 0.1) is 44.9 Å². The van der Waals surface area contributed by atoms with E-state index in [2.05, 4.69) is 16.5 Å². The summed E-state index contributed by atoms with van der Waals surface area (Å²) >= 11 is 1.36. The lowest BCUT2D eigenvalue weighted by molar-refractivity contribution is -0.120. The number of nitrogens with one attached hydrogen (secondary N) is 1. The molecule has 3 heterocycles. The number of sulfonamides is 1. The Hall–Kier alpha value is -2.22. The van der Waals surface area contributed by atoms with Crippen molar-refractivity contribution < 1.29 is 17.7 Å². The van der Waals surface area contributed by atoms with Gasteiger partial charge in [-0.2, -0.15) is 9.57 Å². The Labute approximate surface area is 168 Å². The summed E-state index contributed by atoms with van der Waals surface area (Å²) < 4.78 is 32.4. The lowest BCUT2D eigenvalue weighted by Crippen LogP contribution is -2.43. The number of piperidine rings is 1. The maximum Gasteiger partial charge on any atom is 0.248 e. The van der Waals surface area contributed by atoms with Gasteiger partial charge < -0.3 is 9.84 Å². The zero-order valence-electron chi connectivity index (χ0n) is 16.2. The molecule has 0 saturated carbocycles. The van der Waals surface area contributed by atoms with Crippen LogP contribution in [0.5, 0.6) is 0 Å². The number of carbonyl (C=O) groups is 1. The number of carbonyl (C=O) groups excluding carboxylic acids is 1. The molecule has 3 rings (SSSR count). The zero-order valence-corrected chi connectivity index (χ0v) is 17.8. The molecule has 1 aliphatic heterocycles. The summed E-state index contributed by atoms with van der Waals surface area (Å²) in [7, 11) is -3.79. The summed E-state index contributed by atoms with van der Waals surface area (Å²) in [6, 6.07) is 2.13. The van der Waals surface area contributed by atoms with Crippen LogP contribution in [-0.4, -0.2) is 36.9 Å². The minimum Gasteiger partial charge on any atom is -0.360 e. The standard InChI is InChI=1S/C18H22N4O4S2/c1-10-13(4)27-18(15(10)8-19)20-17(23)14-6-5-7-22(9-14)28(24,25)16-11(2)21-26-12(16)3/h14H,5-7,9H2,1-4H3,(H,20,23). The van der Waals surface area contributed by atoms with Crippen LogP contribution in [-0.2, 0) is 14.8 Å². The highest BCUT2D eigenvalue weighted by Crippen LogP contribution is 2.33. The fourth-order valence-corrected chi connectivity index (χ4v) is 6.24. The molecule has 28 heavy (non-hydrogen) atoms. The zero-order chi connectivity index (χ0) is 20.6. The molecule has 150 valence electrons. The summed E-state index contributed by atoms with van der Waals surface area (Å²) in [6.07, 6.45) is 1.17. The van der Waals surface area contributed by atoms with E-state index in [0.29, 0.717) is 35.6 Å². The molecule has 1 saturated heterocycles. The number of nitriles is 1. The van der Waals surface area contributed by atoms with Gasteiger partial charge in [0, 0.05) is 18.0 Å². The molecule has 1 fully saturated rings. The van der Waals surface area contributed by atoms with E-state index >= 15 is 0 Å². The Morgan fingerprint density at radius 1 is 1.36 bits per heavy atom. The van der Waals surface area contributed by atoms with Crippen molar-refractivity contribution in [2.24, 2.45) is 5.92 Å². The maximum atomic E-state index is 13.0. The normalized spacial score (nSPS) is 18.0. The lowest BCUT2D eigenvalue weighted by Gasteiger charge is -2.31. The minimum absolute atomic E-state index is 0.0739. The van der Waals surface area contributed by atoms with Crippen LogP contribution in [0.2, 0.25) is 0 Å². The van der Waals surface area contributed by atoms with E-state index in [0.717, 1.165) is 10.4 Å². The molecular weight excluding hydrogens is 400 g/mol. The van der Waals surface area contributed by atoms with Crippen molar-refractivity contribution >= 4 is 32.3 Å². The monoisotopic (exact) mass is 422 g/mol. The maximum absolute atomic E-state index is 13.0. The van der Waals surface area contributed by atoms with E-state index in [1.807, 2.05) is 13.8 Å². The fraction of sp³-hybridized carbons (Fsp3) is 0.500. The Bertz CT molecular complexity index is 1040. The first-order valence-corrected chi connectivity index (χ1v) is 11.2. The number of amides is 1. The third-order valence-corrected chi connectivity index (χ3v) is 8.29. The SMILES string of the molecule is Cc1noc(C)c1S(=O)(=O)N1CCCC(C(=O)Nc2sc(C)c(C)c2C#N)C1.